The normalized spacial score (nSPS) is 10.9. The van der Waals surface area contributed by atoms with Crippen molar-refractivity contribution in [3.8, 4) is 5.69 Å². The van der Waals surface area contributed by atoms with Crippen molar-refractivity contribution in [2.75, 3.05) is 0 Å². The fourth-order valence-corrected chi connectivity index (χ4v) is 2.43. The Morgan fingerprint density at radius 2 is 2.11 bits per heavy atom. The minimum atomic E-state index is 0.487. The molecule has 2 aromatic rings. The summed E-state index contributed by atoms with van der Waals surface area (Å²) in [5.41, 5.74) is 8.74. The van der Waals surface area contributed by atoms with E-state index in [1.165, 1.54) is 0 Å². The van der Waals surface area contributed by atoms with E-state index in [9.17, 15) is 0 Å². The summed E-state index contributed by atoms with van der Waals surface area (Å²) in [4.78, 5) is 0. The quantitative estimate of drug-likeness (QED) is 0.932. The number of hydrogen-bond acceptors (Lipinski definition) is 2. The molecule has 0 saturated heterocycles. The molecule has 0 amide bonds. The molecule has 0 fully saturated rings. The van der Waals surface area contributed by atoms with E-state index in [2.05, 4.69) is 12.0 Å². The lowest BCUT2D eigenvalue weighted by Crippen LogP contribution is -2.06. The average Bonchev–Trinajstić information content (AvgIpc) is 2.73. The number of nitrogens with zero attached hydrogens (tertiary/aromatic N) is 2. The number of hydrogen-bond donors (Lipinski definition) is 1. The van der Waals surface area contributed by atoms with Crippen LogP contribution < -0.4 is 5.73 Å². The van der Waals surface area contributed by atoms with Crippen LogP contribution in [0.15, 0.2) is 24.4 Å². The second kappa shape index (κ2) is 5.74. The van der Waals surface area contributed by atoms with Crippen molar-refractivity contribution in [3.05, 3.63) is 45.7 Å². The molecule has 0 spiro atoms. The first-order chi connectivity index (χ1) is 8.67. The van der Waals surface area contributed by atoms with Crippen molar-refractivity contribution in [3.63, 3.8) is 0 Å². The molecule has 2 N–H and O–H groups in total. The van der Waals surface area contributed by atoms with E-state index in [0.29, 0.717) is 16.6 Å². The Morgan fingerprint density at radius 1 is 1.33 bits per heavy atom. The number of rotatable bonds is 4. The van der Waals surface area contributed by atoms with Gasteiger partial charge in [0.05, 0.1) is 16.9 Å². The van der Waals surface area contributed by atoms with Crippen molar-refractivity contribution < 1.29 is 0 Å². The molecule has 0 bridgehead atoms. The molecule has 1 aromatic heterocycles. The van der Waals surface area contributed by atoms with Gasteiger partial charge in [0.1, 0.15) is 0 Å². The van der Waals surface area contributed by atoms with Gasteiger partial charge < -0.3 is 5.73 Å². The molecule has 2 rings (SSSR count). The van der Waals surface area contributed by atoms with Crippen LogP contribution in [0.4, 0.5) is 0 Å². The minimum absolute atomic E-state index is 0.487. The lowest BCUT2D eigenvalue weighted by molar-refractivity contribution is 0.767. The number of benzene rings is 1. The molecule has 1 aromatic carbocycles. The Hall–Kier alpha value is -1.03. The van der Waals surface area contributed by atoms with Crippen molar-refractivity contribution in [1.82, 2.24) is 9.78 Å². The SMILES string of the molecule is CCCc1c(CN)cnn1-c1ccc(Cl)cc1Cl. The third-order valence-electron chi connectivity index (χ3n) is 2.80. The van der Waals surface area contributed by atoms with Crippen LogP contribution in [0, 0.1) is 0 Å². The second-order valence-electron chi connectivity index (χ2n) is 4.08. The summed E-state index contributed by atoms with van der Waals surface area (Å²) in [6, 6.07) is 5.40. The van der Waals surface area contributed by atoms with Gasteiger partial charge in [-0.05, 0) is 24.6 Å². The average molecular weight is 284 g/mol. The molecule has 1 heterocycles. The Morgan fingerprint density at radius 3 is 2.72 bits per heavy atom. The molecule has 0 aliphatic rings. The van der Waals surface area contributed by atoms with Crippen LogP contribution in [0.5, 0.6) is 0 Å². The monoisotopic (exact) mass is 283 g/mol. The topological polar surface area (TPSA) is 43.8 Å². The van der Waals surface area contributed by atoms with E-state index in [4.69, 9.17) is 28.9 Å². The highest BCUT2D eigenvalue weighted by molar-refractivity contribution is 6.35. The third kappa shape index (κ3) is 2.53. The van der Waals surface area contributed by atoms with Gasteiger partial charge in [-0.1, -0.05) is 36.5 Å². The van der Waals surface area contributed by atoms with Crippen LogP contribution in [0.1, 0.15) is 24.6 Å². The van der Waals surface area contributed by atoms with Crippen molar-refractivity contribution in [2.24, 2.45) is 5.73 Å². The van der Waals surface area contributed by atoms with E-state index in [1.54, 1.807) is 12.3 Å². The highest BCUT2D eigenvalue weighted by Gasteiger charge is 2.12. The molecule has 5 heteroatoms. The fourth-order valence-electron chi connectivity index (χ4n) is 1.94. The van der Waals surface area contributed by atoms with E-state index in [0.717, 1.165) is 29.8 Å². The van der Waals surface area contributed by atoms with Gasteiger partial charge in [-0.15, -0.1) is 0 Å². The minimum Gasteiger partial charge on any atom is -0.326 e. The fraction of sp³-hybridized carbons (Fsp3) is 0.308. The van der Waals surface area contributed by atoms with Crippen LogP contribution >= 0.6 is 23.2 Å². The molecule has 0 unspecified atom stereocenters. The van der Waals surface area contributed by atoms with E-state index in [-0.39, 0.29) is 0 Å². The smallest absolute Gasteiger partial charge is 0.0836 e. The van der Waals surface area contributed by atoms with Gasteiger partial charge in [0.2, 0.25) is 0 Å². The van der Waals surface area contributed by atoms with Gasteiger partial charge in [0.15, 0.2) is 0 Å². The molecule has 96 valence electrons. The van der Waals surface area contributed by atoms with Crippen molar-refractivity contribution in [1.29, 1.82) is 0 Å². The summed E-state index contributed by atoms with van der Waals surface area (Å²) >= 11 is 12.1. The Bertz CT molecular complexity index is 549. The van der Waals surface area contributed by atoms with Crippen LogP contribution in [-0.2, 0) is 13.0 Å². The number of nitrogens with two attached hydrogens (primary N) is 1. The zero-order chi connectivity index (χ0) is 13.1. The number of halogens is 2. The van der Waals surface area contributed by atoms with Crippen LogP contribution in [0.3, 0.4) is 0 Å². The molecule has 0 radical (unpaired) electrons. The Labute approximate surface area is 117 Å². The summed E-state index contributed by atoms with van der Waals surface area (Å²) in [7, 11) is 0. The molecule has 18 heavy (non-hydrogen) atoms. The molecule has 3 nitrogen and oxygen atoms in total. The van der Waals surface area contributed by atoms with Gasteiger partial charge in [0, 0.05) is 22.8 Å². The summed E-state index contributed by atoms with van der Waals surface area (Å²) in [5, 5.41) is 5.58. The second-order valence-corrected chi connectivity index (χ2v) is 4.92. The zero-order valence-electron chi connectivity index (χ0n) is 10.2. The summed E-state index contributed by atoms with van der Waals surface area (Å²) in [6.45, 7) is 2.61. The third-order valence-corrected chi connectivity index (χ3v) is 3.34. The van der Waals surface area contributed by atoms with Gasteiger partial charge in [0.25, 0.3) is 0 Å². The van der Waals surface area contributed by atoms with Gasteiger partial charge in [-0.25, -0.2) is 4.68 Å². The maximum atomic E-state index is 6.21. The maximum Gasteiger partial charge on any atom is 0.0836 e. The first-order valence-corrected chi connectivity index (χ1v) is 6.64. The molecule has 0 aliphatic heterocycles. The maximum absolute atomic E-state index is 6.21. The van der Waals surface area contributed by atoms with Crippen LogP contribution in [-0.4, -0.2) is 9.78 Å². The molecule has 0 saturated carbocycles. The lowest BCUT2D eigenvalue weighted by Gasteiger charge is -2.10. The lowest BCUT2D eigenvalue weighted by atomic mass is 10.1. The van der Waals surface area contributed by atoms with Gasteiger partial charge >= 0.3 is 0 Å². The summed E-state index contributed by atoms with van der Waals surface area (Å²) in [6.07, 6.45) is 3.76. The van der Waals surface area contributed by atoms with Crippen molar-refractivity contribution >= 4 is 23.2 Å². The first kappa shape index (κ1) is 13.4. The number of aromatic nitrogens is 2. The molecule has 0 aliphatic carbocycles. The van der Waals surface area contributed by atoms with Crippen molar-refractivity contribution in [2.45, 2.75) is 26.3 Å². The summed E-state index contributed by atoms with van der Waals surface area (Å²) in [5.74, 6) is 0. The predicted molar refractivity (Wildman–Crippen MR) is 75.5 cm³/mol. The van der Waals surface area contributed by atoms with E-state index >= 15 is 0 Å². The van der Waals surface area contributed by atoms with E-state index in [1.807, 2.05) is 16.8 Å². The summed E-state index contributed by atoms with van der Waals surface area (Å²) < 4.78 is 1.85. The Balaban J connectivity index is 2.52. The molecule has 0 atom stereocenters. The highest BCUT2D eigenvalue weighted by atomic mass is 35.5. The largest absolute Gasteiger partial charge is 0.326 e. The van der Waals surface area contributed by atoms with Crippen LogP contribution in [0.25, 0.3) is 5.69 Å². The first-order valence-electron chi connectivity index (χ1n) is 5.88. The molecular weight excluding hydrogens is 269 g/mol. The standard InChI is InChI=1S/C13H15Cl2N3/c1-2-3-12-9(7-16)8-17-18(12)13-5-4-10(14)6-11(13)15/h4-6,8H,2-3,7,16H2,1H3. The van der Waals surface area contributed by atoms with Gasteiger partial charge in [-0.2, -0.15) is 5.10 Å². The van der Waals surface area contributed by atoms with Crippen LogP contribution in [0.2, 0.25) is 10.0 Å². The van der Waals surface area contributed by atoms with E-state index < -0.39 is 0 Å². The zero-order valence-corrected chi connectivity index (χ0v) is 11.7. The molecular formula is C13H15Cl2N3. The van der Waals surface area contributed by atoms with Gasteiger partial charge in [-0.3, -0.25) is 0 Å². The Kier molecular flexibility index (Phi) is 4.27. The predicted octanol–water partition coefficient (Wildman–Crippen LogP) is 3.59. The highest BCUT2D eigenvalue weighted by Crippen LogP contribution is 2.26.